The molecule has 1 nitrogen and oxygen atoms in total. The minimum absolute atomic E-state index is 1.17. The van der Waals surface area contributed by atoms with Gasteiger partial charge in [-0.2, -0.15) is 0 Å². The van der Waals surface area contributed by atoms with E-state index in [1.54, 1.807) is 0 Å². The Morgan fingerprint density at radius 3 is 1.73 bits per heavy atom. The fraction of sp³-hybridized carbons (Fsp3) is 1.00. The van der Waals surface area contributed by atoms with E-state index in [4.69, 9.17) is 0 Å². The Labute approximate surface area is 80.3 Å². The van der Waals surface area contributed by atoms with E-state index in [0.717, 1.165) is 0 Å². The van der Waals surface area contributed by atoms with E-state index in [9.17, 15) is 0 Å². The second kappa shape index (κ2) is 13.1. The largest absolute Gasteiger partial charge is 0.342 e. The van der Waals surface area contributed by atoms with Crippen molar-refractivity contribution >= 4 is 15.9 Å². The molecule has 0 aromatic carbocycles. The predicted molar refractivity (Wildman–Crippen MR) is 56.7 cm³/mol. The Kier molecular flexibility index (Phi) is 16.6. The van der Waals surface area contributed by atoms with E-state index < -0.39 is 0 Å². The van der Waals surface area contributed by atoms with Crippen LogP contribution in [-0.4, -0.2) is 26.5 Å². The molecule has 0 aliphatic heterocycles. The monoisotopic (exact) mass is 224 g/mol. The minimum Gasteiger partial charge on any atom is -0.342 e. The van der Waals surface area contributed by atoms with E-state index in [1.165, 1.54) is 35.9 Å². The fourth-order valence-corrected chi connectivity index (χ4v) is 0.918. The third-order valence-electron chi connectivity index (χ3n) is 0.987. The maximum atomic E-state index is 3.38. The van der Waals surface area contributed by atoms with Crippen molar-refractivity contribution < 1.29 is 4.90 Å². The molecule has 11 heavy (non-hydrogen) atoms. The van der Waals surface area contributed by atoms with Crippen LogP contribution in [0.1, 0.15) is 32.6 Å². The van der Waals surface area contributed by atoms with Crippen LogP contribution >= 0.6 is 15.9 Å². The van der Waals surface area contributed by atoms with Crippen LogP contribution in [0.5, 0.6) is 0 Å². The van der Waals surface area contributed by atoms with Crippen LogP contribution in [0.25, 0.3) is 0 Å². The summed E-state index contributed by atoms with van der Waals surface area (Å²) in [4.78, 5) is 1.42. The van der Waals surface area contributed by atoms with Gasteiger partial charge in [-0.25, -0.2) is 0 Å². The van der Waals surface area contributed by atoms with Gasteiger partial charge in [0.1, 0.15) is 0 Å². The first-order valence-electron chi connectivity index (χ1n) is 4.47. The lowest BCUT2D eigenvalue weighted by atomic mass is 10.2. The number of alkyl halides is 1. The Bertz CT molecular complexity index is 48.8. The van der Waals surface area contributed by atoms with Crippen LogP contribution in [0.4, 0.5) is 0 Å². The van der Waals surface area contributed by atoms with Gasteiger partial charge in [-0.05, 0) is 6.42 Å². The van der Waals surface area contributed by atoms with Crippen molar-refractivity contribution in [3.63, 3.8) is 0 Å². The van der Waals surface area contributed by atoms with Crippen molar-refractivity contribution in [1.82, 2.24) is 0 Å². The predicted octanol–water partition coefficient (Wildman–Crippen LogP) is 1.72. The molecule has 0 amide bonds. The van der Waals surface area contributed by atoms with E-state index in [-0.39, 0.29) is 0 Å². The molecule has 1 N–H and O–H groups in total. The van der Waals surface area contributed by atoms with Gasteiger partial charge >= 0.3 is 0 Å². The van der Waals surface area contributed by atoms with Crippen LogP contribution in [-0.2, 0) is 0 Å². The number of halogens is 1. The zero-order chi connectivity index (χ0) is 9.11. The maximum Gasteiger partial charge on any atom is 0.0661 e. The first-order chi connectivity index (χ1) is 5.15. The van der Waals surface area contributed by atoms with Gasteiger partial charge in [0, 0.05) is 5.33 Å². The Morgan fingerprint density at radius 2 is 1.45 bits per heavy atom. The molecule has 0 aromatic rings. The molecule has 70 valence electrons. The Hall–Kier alpha value is 0.440. The van der Waals surface area contributed by atoms with Gasteiger partial charge in [-0.15, -0.1) is 0 Å². The lowest BCUT2D eigenvalue weighted by Gasteiger charge is -1.89. The van der Waals surface area contributed by atoms with Gasteiger partial charge in [0.25, 0.3) is 0 Å². The van der Waals surface area contributed by atoms with Gasteiger partial charge in [0.05, 0.1) is 21.1 Å². The van der Waals surface area contributed by atoms with Crippen molar-refractivity contribution in [3.05, 3.63) is 0 Å². The quantitative estimate of drug-likeness (QED) is 0.549. The first-order valence-corrected chi connectivity index (χ1v) is 5.60. The normalized spacial score (nSPS) is 9.27. The van der Waals surface area contributed by atoms with Gasteiger partial charge in [-0.3, -0.25) is 0 Å². The van der Waals surface area contributed by atoms with Gasteiger partial charge in [-0.1, -0.05) is 42.1 Å². The van der Waals surface area contributed by atoms with Crippen LogP contribution in [0.2, 0.25) is 0 Å². The molecule has 0 aliphatic carbocycles. The third-order valence-corrected chi connectivity index (χ3v) is 1.55. The van der Waals surface area contributed by atoms with E-state index >= 15 is 0 Å². The van der Waals surface area contributed by atoms with Gasteiger partial charge in [0.2, 0.25) is 0 Å². The molecule has 0 saturated carbocycles. The smallest absolute Gasteiger partial charge is 0.0661 e. The molecule has 0 unspecified atom stereocenters. The summed E-state index contributed by atoms with van der Waals surface area (Å²) < 4.78 is 0. The standard InChI is InChI=1S/C6H13Br.C3H9N/c1-2-3-4-5-6-7;1-4(2)3/h2-6H2,1H3;1-3H3/p+1. The second-order valence-corrected chi connectivity index (χ2v) is 4.04. The van der Waals surface area contributed by atoms with Crippen molar-refractivity contribution in [2.24, 2.45) is 0 Å². The molecule has 0 aliphatic rings. The number of hydrogen-bond acceptors (Lipinski definition) is 0. The highest BCUT2D eigenvalue weighted by Gasteiger charge is 1.81. The van der Waals surface area contributed by atoms with Crippen LogP contribution in [0.15, 0.2) is 0 Å². The highest BCUT2D eigenvalue weighted by molar-refractivity contribution is 9.09. The zero-order valence-corrected chi connectivity index (χ0v) is 10.00. The lowest BCUT2D eigenvalue weighted by Crippen LogP contribution is -3.02. The number of unbranched alkanes of at least 4 members (excludes halogenated alkanes) is 3. The van der Waals surface area contributed by atoms with E-state index in [2.05, 4.69) is 44.0 Å². The molecule has 0 heterocycles. The summed E-state index contributed by atoms with van der Waals surface area (Å²) in [5.41, 5.74) is 0. The molecule has 0 spiro atoms. The van der Waals surface area contributed by atoms with Crippen LogP contribution in [0, 0.1) is 0 Å². The van der Waals surface area contributed by atoms with Crippen molar-refractivity contribution in [1.29, 1.82) is 0 Å². The molecule has 2 heteroatoms. The molecular formula is C9H23BrN+. The number of quaternary nitrogens is 1. The maximum absolute atomic E-state index is 3.38. The average molecular weight is 225 g/mol. The number of hydrogen-bond donors (Lipinski definition) is 1. The highest BCUT2D eigenvalue weighted by Crippen LogP contribution is 1.99. The summed E-state index contributed by atoms with van der Waals surface area (Å²) in [5, 5.41) is 1.17. The summed E-state index contributed by atoms with van der Waals surface area (Å²) in [6.45, 7) is 2.23. The summed E-state index contributed by atoms with van der Waals surface area (Å²) >= 11 is 3.38. The molecule has 0 atom stereocenters. The third kappa shape index (κ3) is 37.7. The molecule has 0 saturated heterocycles. The lowest BCUT2D eigenvalue weighted by molar-refractivity contribution is -0.836. The molecule has 0 aromatic heterocycles. The number of rotatable bonds is 4. The van der Waals surface area contributed by atoms with E-state index in [1.807, 2.05) is 0 Å². The minimum atomic E-state index is 1.17. The zero-order valence-electron chi connectivity index (χ0n) is 8.41. The van der Waals surface area contributed by atoms with Crippen LogP contribution < -0.4 is 4.90 Å². The van der Waals surface area contributed by atoms with Gasteiger partial charge < -0.3 is 4.90 Å². The first kappa shape index (κ1) is 14.0. The topological polar surface area (TPSA) is 4.44 Å². The summed E-state index contributed by atoms with van der Waals surface area (Å²) in [6.07, 6.45) is 5.47. The van der Waals surface area contributed by atoms with Gasteiger partial charge in [0.15, 0.2) is 0 Å². The molecular weight excluding hydrogens is 202 g/mol. The second-order valence-electron chi connectivity index (χ2n) is 3.25. The van der Waals surface area contributed by atoms with Crippen molar-refractivity contribution in [3.8, 4) is 0 Å². The number of nitrogens with one attached hydrogen (secondary N) is 1. The van der Waals surface area contributed by atoms with Crippen molar-refractivity contribution in [2.45, 2.75) is 32.6 Å². The summed E-state index contributed by atoms with van der Waals surface area (Å²) in [6, 6.07) is 0. The summed E-state index contributed by atoms with van der Waals surface area (Å²) in [5.74, 6) is 0. The molecule has 0 bridgehead atoms. The summed E-state index contributed by atoms with van der Waals surface area (Å²) in [7, 11) is 6.25. The average Bonchev–Trinajstić information content (AvgIpc) is 1.88. The van der Waals surface area contributed by atoms with Crippen LogP contribution in [0.3, 0.4) is 0 Å². The Balaban J connectivity index is 0. The van der Waals surface area contributed by atoms with E-state index in [0.29, 0.717) is 0 Å². The molecule has 0 fully saturated rings. The van der Waals surface area contributed by atoms with Crippen molar-refractivity contribution in [2.75, 3.05) is 26.5 Å². The molecule has 0 rings (SSSR count). The SMILES string of the molecule is CCCCCCBr.C[NH+](C)C. The highest BCUT2D eigenvalue weighted by atomic mass is 79.9. The Morgan fingerprint density at radius 1 is 1.00 bits per heavy atom. The molecule has 0 radical (unpaired) electrons. The fourth-order valence-electron chi connectivity index (χ4n) is 0.521.